The average molecular weight is 306 g/mol. The van der Waals surface area contributed by atoms with Gasteiger partial charge in [0.2, 0.25) is 0 Å². The Morgan fingerprint density at radius 3 is 2.23 bits per heavy atom. The smallest absolute Gasteiger partial charge is 0.144 e. The van der Waals surface area contributed by atoms with E-state index in [1.54, 1.807) is 6.92 Å². The fourth-order valence-corrected chi connectivity index (χ4v) is 1.99. The van der Waals surface area contributed by atoms with Gasteiger partial charge in [-0.25, -0.2) is 0 Å². The summed E-state index contributed by atoms with van der Waals surface area (Å²) in [6.45, 7) is 1.58. The van der Waals surface area contributed by atoms with Crippen molar-refractivity contribution in [3.05, 3.63) is 35.9 Å². The van der Waals surface area contributed by atoms with E-state index in [1.165, 1.54) is 0 Å². The maximum Gasteiger partial charge on any atom is 0.144 e. The van der Waals surface area contributed by atoms with Gasteiger partial charge in [0, 0.05) is 0 Å². The molecule has 1 rings (SSSR count). The van der Waals surface area contributed by atoms with Crippen LogP contribution >= 0.6 is 31.9 Å². The van der Waals surface area contributed by atoms with E-state index in [-0.39, 0.29) is 15.4 Å². The van der Waals surface area contributed by atoms with Crippen molar-refractivity contribution < 1.29 is 4.79 Å². The number of hydrogen-bond donors (Lipinski definition) is 0. The maximum atomic E-state index is 11.1. The second-order valence-electron chi connectivity index (χ2n) is 2.82. The van der Waals surface area contributed by atoms with E-state index in [0.29, 0.717) is 0 Å². The Balaban J connectivity index is 2.79. The Kier molecular flexibility index (Phi) is 4.13. The number of hydrogen-bond acceptors (Lipinski definition) is 1. The van der Waals surface area contributed by atoms with Crippen LogP contribution in [0.2, 0.25) is 0 Å². The Bertz CT molecular complexity index is 284. The van der Waals surface area contributed by atoms with Crippen molar-refractivity contribution in [2.75, 3.05) is 0 Å². The minimum atomic E-state index is -0.158. The minimum Gasteiger partial charge on any atom is -0.299 e. The van der Waals surface area contributed by atoms with Crippen LogP contribution in [0.15, 0.2) is 30.3 Å². The highest BCUT2D eigenvalue weighted by Gasteiger charge is 2.21. The van der Waals surface area contributed by atoms with Gasteiger partial charge in [0.05, 0.1) is 9.65 Å². The summed E-state index contributed by atoms with van der Waals surface area (Å²) < 4.78 is 0. The first-order valence-corrected chi connectivity index (χ1v) is 5.79. The second kappa shape index (κ2) is 4.91. The van der Waals surface area contributed by atoms with Crippen molar-refractivity contribution in [1.29, 1.82) is 0 Å². The van der Waals surface area contributed by atoms with Gasteiger partial charge >= 0.3 is 0 Å². The number of carbonyl (C=O) groups is 1. The molecule has 0 aliphatic carbocycles. The zero-order valence-electron chi connectivity index (χ0n) is 7.21. The molecule has 13 heavy (non-hydrogen) atoms. The van der Waals surface area contributed by atoms with Gasteiger partial charge in [-0.15, -0.1) is 0 Å². The molecule has 0 N–H and O–H groups in total. The first kappa shape index (κ1) is 10.9. The van der Waals surface area contributed by atoms with Crippen LogP contribution in [0.4, 0.5) is 0 Å². The summed E-state index contributed by atoms with van der Waals surface area (Å²) in [6.07, 6.45) is 0. The van der Waals surface area contributed by atoms with Crippen LogP contribution in [-0.2, 0) is 4.79 Å². The van der Waals surface area contributed by atoms with E-state index in [2.05, 4.69) is 31.9 Å². The lowest BCUT2D eigenvalue weighted by molar-refractivity contribution is -0.116. The number of halogens is 2. The Morgan fingerprint density at radius 1 is 1.23 bits per heavy atom. The molecule has 0 amide bonds. The maximum absolute atomic E-state index is 11.1. The van der Waals surface area contributed by atoms with Crippen LogP contribution in [0.3, 0.4) is 0 Å². The van der Waals surface area contributed by atoms with Crippen LogP contribution in [0, 0.1) is 0 Å². The van der Waals surface area contributed by atoms with Gasteiger partial charge in [-0.1, -0.05) is 62.2 Å². The van der Waals surface area contributed by atoms with Crippen LogP contribution in [0.1, 0.15) is 17.3 Å². The summed E-state index contributed by atoms with van der Waals surface area (Å²) in [5.41, 5.74) is 1.11. The van der Waals surface area contributed by atoms with Gasteiger partial charge in [0.15, 0.2) is 0 Å². The number of Topliss-reactive ketones (excluding diaryl/α,β-unsaturated/α-hetero) is 1. The van der Waals surface area contributed by atoms with Crippen molar-refractivity contribution in [3.63, 3.8) is 0 Å². The number of ketones is 1. The zero-order chi connectivity index (χ0) is 9.84. The lowest BCUT2D eigenvalue weighted by Crippen LogP contribution is -2.15. The Labute approximate surface area is 94.8 Å². The lowest BCUT2D eigenvalue weighted by atomic mass is 10.1. The summed E-state index contributed by atoms with van der Waals surface area (Å²) >= 11 is 6.83. The number of carbonyl (C=O) groups excluding carboxylic acids is 1. The van der Waals surface area contributed by atoms with Crippen LogP contribution in [0.5, 0.6) is 0 Å². The molecule has 1 aromatic carbocycles. The fourth-order valence-electron chi connectivity index (χ4n) is 1.01. The molecule has 0 saturated heterocycles. The van der Waals surface area contributed by atoms with Gasteiger partial charge in [-0.2, -0.15) is 0 Å². The first-order chi connectivity index (χ1) is 6.13. The fraction of sp³-hybridized carbons (Fsp3) is 0.300. The zero-order valence-corrected chi connectivity index (χ0v) is 10.4. The quantitative estimate of drug-likeness (QED) is 0.782. The van der Waals surface area contributed by atoms with Crippen LogP contribution < -0.4 is 0 Å². The highest BCUT2D eigenvalue weighted by Crippen LogP contribution is 2.31. The van der Waals surface area contributed by atoms with E-state index >= 15 is 0 Å². The topological polar surface area (TPSA) is 17.1 Å². The largest absolute Gasteiger partial charge is 0.299 e. The normalized spacial score (nSPS) is 15.0. The highest BCUT2D eigenvalue weighted by molar-refractivity contribution is 9.12. The number of benzene rings is 1. The molecule has 0 fully saturated rings. The summed E-state index contributed by atoms with van der Waals surface area (Å²) in [7, 11) is 0. The van der Waals surface area contributed by atoms with E-state index in [1.807, 2.05) is 30.3 Å². The summed E-state index contributed by atoms with van der Waals surface area (Å²) in [4.78, 5) is 11.0. The number of alkyl halides is 2. The molecule has 0 heterocycles. The van der Waals surface area contributed by atoms with Gasteiger partial charge in [0.25, 0.3) is 0 Å². The van der Waals surface area contributed by atoms with Crippen LogP contribution in [-0.4, -0.2) is 10.6 Å². The van der Waals surface area contributed by atoms with Gasteiger partial charge in [0.1, 0.15) is 5.78 Å². The standard InChI is InChI=1S/C10H10Br2O/c1-7(13)9(11)10(12)8-5-3-2-4-6-8/h2-6,9-10H,1H3. The van der Waals surface area contributed by atoms with Crippen LogP contribution in [0.25, 0.3) is 0 Å². The molecular weight excluding hydrogens is 296 g/mol. The van der Waals surface area contributed by atoms with E-state index in [4.69, 9.17) is 0 Å². The molecule has 0 aliphatic rings. The molecule has 0 aromatic heterocycles. The molecule has 2 unspecified atom stereocenters. The lowest BCUT2D eigenvalue weighted by Gasteiger charge is -2.13. The van der Waals surface area contributed by atoms with Crippen molar-refractivity contribution in [1.82, 2.24) is 0 Å². The van der Waals surface area contributed by atoms with E-state index in [0.717, 1.165) is 5.56 Å². The van der Waals surface area contributed by atoms with Crippen molar-refractivity contribution in [3.8, 4) is 0 Å². The third-order valence-corrected chi connectivity index (χ3v) is 4.70. The molecule has 0 bridgehead atoms. The SMILES string of the molecule is CC(=O)C(Br)C(Br)c1ccccc1. The molecule has 0 saturated carbocycles. The first-order valence-electron chi connectivity index (χ1n) is 3.96. The molecule has 0 aliphatic heterocycles. The number of rotatable bonds is 3. The van der Waals surface area contributed by atoms with Crippen molar-refractivity contribution in [2.24, 2.45) is 0 Å². The minimum absolute atomic E-state index is 0.0474. The van der Waals surface area contributed by atoms with E-state index in [9.17, 15) is 4.79 Å². The molecule has 1 aromatic rings. The summed E-state index contributed by atoms with van der Waals surface area (Å²) in [6, 6.07) is 9.88. The Hall–Kier alpha value is -0.150. The van der Waals surface area contributed by atoms with Crippen molar-refractivity contribution in [2.45, 2.75) is 16.6 Å². The molecular formula is C10H10Br2O. The molecule has 0 radical (unpaired) electrons. The van der Waals surface area contributed by atoms with Gasteiger partial charge in [-0.3, -0.25) is 4.79 Å². The van der Waals surface area contributed by atoms with Gasteiger partial charge in [-0.05, 0) is 12.5 Å². The second-order valence-corrected chi connectivity index (χ2v) is 4.80. The predicted octanol–water partition coefficient (Wildman–Crippen LogP) is 3.48. The summed E-state index contributed by atoms with van der Waals surface area (Å²) in [5.74, 6) is 0.130. The molecule has 70 valence electrons. The third-order valence-electron chi connectivity index (χ3n) is 1.76. The van der Waals surface area contributed by atoms with Crippen molar-refractivity contribution >= 4 is 37.6 Å². The highest BCUT2D eigenvalue weighted by atomic mass is 79.9. The molecule has 1 nitrogen and oxygen atoms in total. The van der Waals surface area contributed by atoms with Gasteiger partial charge < -0.3 is 0 Å². The third kappa shape index (κ3) is 2.92. The molecule has 0 spiro atoms. The average Bonchev–Trinajstić information content (AvgIpc) is 2.17. The monoisotopic (exact) mass is 304 g/mol. The molecule has 2 atom stereocenters. The predicted molar refractivity (Wildman–Crippen MR) is 61.5 cm³/mol. The summed E-state index contributed by atoms with van der Waals surface area (Å²) in [5, 5.41) is 0. The Morgan fingerprint density at radius 2 is 1.77 bits per heavy atom. The van der Waals surface area contributed by atoms with E-state index < -0.39 is 0 Å². The molecule has 3 heteroatoms.